The van der Waals surface area contributed by atoms with Crippen LogP contribution in [0.2, 0.25) is 0 Å². The summed E-state index contributed by atoms with van der Waals surface area (Å²) in [5, 5.41) is 17.2. The molecule has 0 bridgehead atoms. The SMILES string of the molecule is CCCCN1C(CC)=C(C(=O)OCC#CC(=O)NCc2ccccc2)N(Cc2ccc(-c3ccccc3-c3nnn[nH]3)cc2)C1CCC. The van der Waals surface area contributed by atoms with Crippen LogP contribution in [0.25, 0.3) is 22.5 Å². The highest BCUT2D eigenvalue weighted by atomic mass is 16.5. The summed E-state index contributed by atoms with van der Waals surface area (Å²) in [4.78, 5) is 30.6. The van der Waals surface area contributed by atoms with E-state index in [1.165, 1.54) is 0 Å². The number of tetrazole rings is 1. The molecule has 248 valence electrons. The Morgan fingerprint density at radius 1 is 0.896 bits per heavy atom. The van der Waals surface area contributed by atoms with Gasteiger partial charge in [0.15, 0.2) is 12.4 Å². The van der Waals surface area contributed by atoms with Crippen LogP contribution < -0.4 is 5.32 Å². The van der Waals surface area contributed by atoms with E-state index in [0.717, 1.165) is 65.7 Å². The molecule has 4 aromatic rings. The molecule has 1 aliphatic rings. The molecule has 1 aliphatic heterocycles. The van der Waals surface area contributed by atoms with Crippen molar-refractivity contribution in [2.24, 2.45) is 0 Å². The molecule has 2 N–H and O–H groups in total. The Kier molecular flexibility index (Phi) is 12.0. The molecule has 10 nitrogen and oxygen atoms in total. The molecule has 0 saturated carbocycles. The van der Waals surface area contributed by atoms with Gasteiger partial charge < -0.3 is 19.9 Å². The van der Waals surface area contributed by atoms with Crippen LogP contribution in [-0.2, 0) is 27.4 Å². The molecule has 2 heterocycles. The number of hydrogen-bond acceptors (Lipinski definition) is 8. The molecule has 1 unspecified atom stereocenters. The highest BCUT2D eigenvalue weighted by molar-refractivity contribution is 5.93. The Morgan fingerprint density at radius 3 is 2.33 bits per heavy atom. The van der Waals surface area contributed by atoms with E-state index < -0.39 is 11.9 Å². The van der Waals surface area contributed by atoms with Crippen LogP contribution in [0.3, 0.4) is 0 Å². The minimum absolute atomic E-state index is 0.0354. The Balaban J connectivity index is 1.34. The molecular weight excluding hydrogens is 602 g/mol. The third-order valence-corrected chi connectivity index (χ3v) is 8.37. The van der Waals surface area contributed by atoms with Gasteiger partial charge in [0, 0.05) is 30.9 Å². The molecule has 1 aromatic heterocycles. The minimum Gasteiger partial charge on any atom is -0.448 e. The molecular formula is C38H43N7O3. The number of benzene rings is 3. The second-order valence-corrected chi connectivity index (χ2v) is 11.6. The monoisotopic (exact) mass is 645 g/mol. The number of unbranched alkanes of at least 4 members (excludes halogenated alkanes) is 1. The number of allylic oxidation sites excluding steroid dienone is 1. The van der Waals surface area contributed by atoms with Gasteiger partial charge in [-0.1, -0.05) is 118 Å². The van der Waals surface area contributed by atoms with E-state index in [4.69, 9.17) is 4.74 Å². The van der Waals surface area contributed by atoms with E-state index in [1.54, 1.807) is 0 Å². The Morgan fingerprint density at radius 2 is 1.65 bits per heavy atom. The van der Waals surface area contributed by atoms with Crippen molar-refractivity contribution in [3.8, 4) is 34.4 Å². The summed E-state index contributed by atoms with van der Waals surface area (Å²) in [6.45, 7) is 8.06. The number of rotatable bonds is 14. The normalized spacial score (nSPS) is 14.1. The van der Waals surface area contributed by atoms with Crippen LogP contribution in [0.1, 0.15) is 64.0 Å². The highest BCUT2D eigenvalue weighted by Gasteiger charge is 2.40. The number of aromatic amines is 1. The zero-order valence-corrected chi connectivity index (χ0v) is 27.9. The summed E-state index contributed by atoms with van der Waals surface area (Å²) in [6.07, 6.45) is 4.69. The largest absolute Gasteiger partial charge is 0.448 e. The number of nitrogens with zero attached hydrogens (tertiary/aromatic N) is 5. The van der Waals surface area contributed by atoms with Gasteiger partial charge in [-0.3, -0.25) is 4.79 Å². The fourth-order valence-electron chi connectivity index (χ4n) is 6.08. The molecule has 5 rings (SSSR count). The number of H-pyrrole nitrogens is 1. The zero-order valence-electron chi connectivity index (χ0n) is 27.9. The maximum absolute atomic E-state index is 13.8. The maximum Gasteiger partial charge on any atom is 0.357 e. The van der Waals surface area contributed by atoms with Gasteiger partial charge in [-0.25, -0.2) is 9.89 Å². The highest BCUT2D eigenvalue weighted by Crippen LogP contribution is 2.37. The van der Waals surface area contributed by atoms with E-state index in [1.807, 2.05) is 48.5 Å². The topological polar surface area (TPSA) is 116 Å². The van der Waals surface area contributed by atoms with E-state index >= 15 is 0 Å². The molecule has 0 radical (unpaired) electrons. The van der Waals surface area contributed by atoms with Crippen LogP contribution in [0.4, 0.5) is 0 Å². The van der Waals surface area contributed by atoms with Gasteiger partial charge in [0.25, 0.3) is 5.91 Å². The van der Waals surface area contributed by atoms with Gasteiger partial charge in [0.2, 0.25) is 0 Å². The predicted molar refractivity (Wildman–Crippen MR) is 185 cm³/mol. The first-order chi connectivity index (χ1) is 23.5. The average Bonchev–Trinajstić information content (AvgIpc) is 3.76. The van der Waals surface area contributed by atoms with Crippen molar-refractivity contribution in [3.63, 3.8) is 0 Å². The van der Waals surface area contributed by atoms with Gasteiger partial charge in [-0.05, 0) is 57.9 Å². The number of ether oxygens (including phenoxy) is 1. The first-order valence-corrected chi connectivity index (χ1v) is 16.7. The zero-order chi connectivity index (χ0) is 33.7. The van der Waals surface area contributed by atoms with Crippen molar-refractivity contribution in [1.82, 2.24) is 35.7 Å². The minimum atomic E-state index is -0.419. The van der Waals surface area contributed by atoms with E-state index in [-0.39, 0.29) is 12.8 Å². The molecule has 0 saturated heterocycles. The maximum atomic E-state index is 13.8. The van der Waals surface area contributed by atoms with Crippen molar-refractivity contribution in [1.29, 1.82) is 0 Å². The standard InChI is InChI=1S/C38H43N7O3/c1-4-7-24-44-33(6-3)36(38(47)48-25-13-19-34(46)39-26-28-15-9-8-10-16-28)45(35(44)14-5-2)27-29-20-22-30(23-21-29)31-17-11-12-18-32(31)37-40-42-43-41-37/h8-12,15-18,20-23,35H,4-7,14,24-27H2,1-3H3,(H,39,46)(H,40,41,42,43). The van der Waals surface area contributed by atoms with Crippen LogP contribution >= 0.6 is 0 Å². The number of carbonyl (C=O) groups excluding carboxylic acids is 2. The average molecular weight is 646 g/mol. The fourth-order valence-corrected chi connectivity index (χ4v) is 6.08. The third-order valence-electron chi connectivity index (χ3n) is 8.37. The summed E-state index contributed by atoms with van der Waals surface area (Å²) >= 11 is 0. The molecule has 0 fully saturated rings. The van der Waals surface area contributed by atoms with Crippen molar-refractivity contribution in [2.45, 2.75) is 72.1 Å². The summed E-state index contributed by atoms with van der Waals surface area (Å²) in [5.74, 6) is 5.04. The first kappa shape index (κ1) is 33.9. The van der Waals surface area contributed by atoms with Gasteiger partial charge in [0.1, 0.15) is 11.9 Å². The van der Waals surface area contributed by atoms with Gasteiger partial charge in [-0.15, -0.1) is 5.10 Å². The summed E-state index contributed by atoms with van der Waals surface area (Å²) in [5.41, 5.74) is 6.61. The summed E-state index contributed by atoms with van der Waals surface area (Å²) in [6, 6.07) is 26.0. The molecule has 3 aromatic carbocycles. The fraction of sp³-hybridized carbons (Fsp3) is 0.342. The molecule has 1 atom stereocenters. The van der Waals surface area contributed by atoms with Crippen molar-refractivity contribution in [2.75, 3.05) is 13.2 Å². The Labute approximate surface area is 282 Å². The summed E-state index contributed by atoms with van der Waals surface area (Å²) in [7, 11) is 0. The lowest BCUT2D eigenvalue weighted by Gasteiger charge is -2.35. The predicted octanol–water partition coefficient (Wildman–Crippen LogP) is 6.06. The van der Waals surface area contributed by atoms with E-state index in [0.29, 0.717) is 31.0 Å². The number of nitrogens with one attached hydrogen (secondary N) is 2. The molecule has 48 heavy (non-hydrogen) atoms. The second-order valence-electron chi connectivity index (χ2n) is 11.6. The molecule has 1 amide bonds. The lowest BCUT2D eigenvalue weighted by Crippen LogP contribution is -2.41. The van der Waals surface area contributed by atoms with Crippen LogP contribution in [0.15, 0.2) is 90.3 Å². The number of carbonyl (C=O) groups is 2. The number of aromatic nitrogens is 4. The molecule has 0 spiro atoms. The van der Waals surface area contributed by atoms with E-state index in [2.05, 4.69) is 98.7 Å². The third kappa shape index (κ3) is 8.28. The second kappa shape index (κ2) is 16.9. The van der Waals surface area contributed by atoms with Crippen LogP contribution in [-0.4, -0.2) is 61.6 Å². The van der Waals surface area contributed by atoms with Crippen molar-refractivity contribution < 1.29 is 14.3 Å². The number of hydrogen-bond donors (Lipinski definition) is 2. The lowest BCUT2D eigenvalue weighted by atomic mass is 9.98. The quantitative estimate of drug-likeness (QED) is 0.126. The van der Waals surface area contributed by atoms with Gasteiger partial charge >= 0.3 is 5.97 Å². The molecule has 0 aliphatic carbocycles. The lowest BCUT2D eigenvalue weighted by molar-refractivity contribution is -0.139. The number of amides is 1. The van der Waals surface area contributed by atoms with Gasteiger partial charge in [-0.2, -0.15) is 0 Å². The van der Waals surface area contributed by atoms with E-state index in [9.17, 15) is 9.59 Å². The Bertz CT molecular complexity index is 1740. The summed E-state index contributed by atoms with van der Waals surface area (Å²) < 4.78 is 5.71. The van der Waals surface area contributed by atoms with Crippen molar-refractivity contribution >= 4 is 11.9 Å². The number of esters is 1. The smallest absolute Gasteiger partial charge is 0.357 e. The van der Waals surface area contributed by atoms with Crippen LogP contribution in [0.5, 0.6) is 0 Å². The first-order valence-electron chi connectivity index (χ1n) is 16.7. The molecule has 10 heteroatoms. The van der Waals surface area contributed by atoms with Crippen molar-refractivity contribution in [3.05, 3.63) is 101 Å². The Hall–Kier alpha value is -5.43. The van der Waals surface area contributed by atoms with Gasteiger partial charge in [0.05, 0.1) is 0 Å². The van der Waals surface area contributed by atoms with Crippen LogP contribution in [0, 0.1) is 11.8 Å².